The number of unbranched alkanes of at least 4 members (excludes halogenated alkanes) is 3. The first-order valence-corrected chi connectivity index (χ1v) is 11.9. The topological polar surface area (TPSA) is 118 Å². The zero-order valence-electron chi connectivity index (χ0n) is 18.8. The molecule has 0 aromatic carbocycles. The first kappa shape index (κ1) is 23.3. The van der Waals surface area contributed by atoms with Gasteiger partial charge in [-0.1, -0.05) is 39.5 Å². The molecule has 0 radical (unpaired) electrons. The summed E-state index contributed by atoms with van der Waals surface area (Å²) < 4.78 is 1.36. The summed E-state index contributed by atoms with van der Waals surface area (Å²) in [7, 11) is 0. The maximum atomic E-state index is 13.7. The van der Waals surface area contributed by atoms with Gasteiger partial charge in [0, 0.05) is 30.8 Å². The number of anilines is 2. The Labute approximate surface area is 183 Å². The minimum Gasteiger partial charge on any atom is -0.383 e. The highest BCUT2D eigenvalue weighted by Crippen LogP contribution is 2.41. The van der Waals surface area contributed by atoms with Gasteiger partial charge in [-0.05, 0) is 38.5 Å². The number of H-pyrrole nitrogens is 1. The van der Waals surface area contributed by atoms with Crippen molar-refractivity contribution in [1.29, 1.82) is 0 Å². The number of nitrogens with one attached hydrogen (secondary N) is 1. The Morgan fingerprint density at radius 3 is 2.32 bits per heavy atom. The van der Waals surface area contributed by atoms with E-state index in [0.717, 1.165) is 51.4 Å². The van der Waals surface area contributed by atoms with E-state index in [1.54, 1.807) is 0 Å². The van der Waals surface area contributed by atoms with Crippen molar-refractivity contribution in [3.8, 4) is 0 Å². The summed E-state index contributed by atoms with van der Waals surface area (Å²) in [5.41, 5.74) is 5.23. The Hall–Kier alpha value is -2.38. The Morgan fingerprint density at radius 2 is 1.71 bits per heavy atom. The summed E-state index contributed by atoms with van der Waals surface area (Å²) >= 11 is 0. The first-order valence-electron chi connectivity index (χ1n) is 11.9. The van der Waals surface area contributed by atoms with Gasteiger partial charge in [0.1, 0.15) is 11.6 Å². The number of nitrogens with zero attached hydrogens (tertiary/aromatic N) is 2. The van der Waals surface area contributed by atoms with Gasteiger partial charge in [-0.3, -0.25) is 23.9 Å². The summed E-state index contributed by atoms with van der Waals surface area (Å²) in [5.74, 6) is -0.165. The second kappa shape index (κ2) is 10.3. The smallest absolute Gasteiger partial charge is 0.330 e. The van der Waals surface area contributed by atoms with Crippen LogP contribution in [0.1, 0.15) is 78.1 Å². The van der Waals surface area contributed by atoms with Crippen LogP contribution in [-0.2, 0) is 16.1 Å². The Morgan fingerprint density at radius 1 is 1.06 bits per heavy atom. The molecule has 2 atom stereocenters. The molecule has 0 saturated heterocycles. The van der Waals surface area contributed by atoms with Gasteiger partial charge in [0.15, 0.2) is 5.69 Å². The molecule has 2 aliphatic carbocycles. The number of Topliss-reactive ketones (excluding diaryl/α,β-unsaturated/α-hetero) is 1. The quantitative estimate of drug-likeness (QED) is 0.582. The van der Waals surface area contributed by atoms with Crippen LogP contribution < -0.4 is 21.9 Å². The molecule has 2 bridgehead atoms. The van der Waals surface area contributed by atoms with Crippen LogP contribution in [0.25, 0.3) is 0 Å². The lowest BCUT2D eigenvalue weighted by molar-refractivity contribution is -0.136. The van der Waals surface area contributed by atoms with Crippen molar-refractivity contribution in [2.45, 2.75) is 84.6 Å². The number of hydrogen-bond acceptors (Lipinski definition) is 5. The molecule has 0 aliphatic heterocycles. The minimum absolute atomic E-state index is 0.0481. The van der Waals surface area contributed by atoms with Crippen LogP contribution in [-0.4, -0.2) is 27.8 Å². The van der Waals surface area contributed by atoms with Crippen LogP contribution in [0.5, 0.6) is 0 Å². The molecule has 1 aromatic rings. The Kier molecular flexibility index (Phi) is 7.73. The van der Waals surface area contributed by atoms with Gasteiger partial charge in [0.2, 0.25) is 5.91 Å². The summed E-state index contributed by atoms with van der Waals surface area (Å²) in [6.45, 7) is 4.86. The van der Waals surface area contributed by atoms with E-state index in [0.29, 0.717) is 31.7 Å². The van der Waals surface area contributed by atoms with Gasteiger partial charge in [0.05, 0.1) is 0 Å². The van der Waals surface area contributed by atoms with Crippen LogP contribution in [0.2, 0.25) is 0 Å². The zero-order valence-corrected chi connectivity index (χ0v) is 18.8. The summed E-state index contributed by atoms with van der Waals surface area (Å²) in [6, 6.07) is 0. The Balaban J connectivity index is 1.96. The van der Waals surface area contributed by atoms with Crippen molar-refractivity contribution in [1.82, 2.24) is 9.55 Å². The number of hydrogen-bond donors (Lipinski definition) is 2. The second-order valence-electron chi connectivity index (χ2n) is 9.09. The fraction of sp³-hybridized carbons (Fsp3) is 0.739. The molecule has 3 N–H and O–H groups in total. The first-order chi connectivity index (χ1) is 14.9. The maximum Gasteiger partial charge on any atom is 0.330 e. The molecular weight excluding hydrogens is 396 g/mol. The number of aromatic nitrogens is 2. The number of ketones is 1. The van der Waals surface area contributed by atoms with E-state index in [-0.39, 0.29) is 35.2 Å². The molecule has 31 heavy (non-hydrogen) atoms. The number of aromatic amines is 1. The third-order valence-electron chi connectivity index (χ3n) is 6.87. The fourth-order valence-corrected chi connectivity index (χ4v) is 5.13. The molecule has 1 aromatic heterocycles. The number of amides is 1. The van der Waals surface area contributed by atoms with Crippen LogP contribution in [0.4, 0.5) is 11.5 Å². The molecular formula is C23H36N4O4. The van der Waals surface area contributed by atoms with Crippen molar-refractivity contribution in [2.75, 3.05) is 17.2 Å². The normalized spacial score (nSPS) is 23.0. The van der Waals surface area contributed by atoms with Crippen LogP contribution >= 0.6 is 0 Å². The van der Waals surface area contributed by atoms with Gasteiger partial charge < -0.3 is 10.6 Å². The molecule has 2 fully saturated rings. The van der Waals surface area contributed by atoms with Gasteiger partial charge in [-0.25, -0.2) is 4.79 Å². The molecule has 2 unspecified atom stereocenters. The number of carbonyl (C=O) groups excluding carboxylic acids is 2. The predicted octanol–water partition coefficient (Wildman–Crippen LogP) is 2.84. The average Bonchev–Trinajstić information content (AvgIpc) is 2.71. The largest absolute Gasteiger partial charge is 0.383 e. The van der Waals surface area contributed by atoms with Gasteiger partial charge in [0.25, 0.3) is 5.56 Å². The standard InChI is InChI=1S/C23H36N4O4/c1-3-5-7-12-26(18-20(24)27(11-6-4-2)23(31)25-21(18)29)22(30)17-13-15-9-8-10-16(14-17)19(15)28/h15-17H,3-14,24H2,1-2H3,(H,25,29,31). The summed E-state index contributed by atoms with van der Waals surface area (Å²) in [6.07, 6.45) is 8.09. The lowest BCUT2D eigenvalue weighted by Gasteiger charge is -2.39. The number of nitrogens with two attached hydrogens (primary N) is 1. The molecule has 1 amide bonds. The third-order valence-corrected chi connectivity index (χ3v) is 6.87. The molecule has 8 heteroatoms. The molecule has 2 aliphatic rings. The molecule has 3 rings (SSSR count). The minimum atomic E-state index is -0.618. The van der Waals surface area contributed by atoms with E-state index >= 15 is 0 Å². The average molecular weight is 433 g/mol. The zero-order chi connectivity index (χ0) is 22.5. The third kappa shape index (κ3) is 4.93. The van der Waals surface area contributed by atoms with Gasteiger partial charge >= 0.3 is 5.69 Å². The number of carbonyl (C=O) groups is 2. The van der Waals surface area contributed by atoms with Crippen molar-refractivity contribution >= 4 is 23.2 Å². The predicted molar refractivity (Wildman–Crippen MR) is 121 cm³/mol. The van der Waals surface area contributed by atoms with E-state index in [1.165, 1.54) is 9.47 Å². The van der Waals surface area contributed by atoms with Crippen molar-refractivity contribution in [2.24, 2.45) is 17.8 Å². The van der Waals surface area contributed by atoms with Crippen molar-refractivity contribution in [3.63, 3.8) is 0 Å². The highest BCUT2D eigenvalue weighted by Gasteiger charge is 2.43. The lowest BCUT2D eigenvalue weighted by atomic mass is 9.67. The van der Waals surface area contributed by atoms with E-state index in [4.69, 9.17) is 5.73 Å². The van der Waals surface area contributed by atoms with Crippen molar-refractivity contribution in [3.05, 3.63) is 20.8 Å². The number of fused-ring (bicyclic) bond motifs is 2. The number of rotatable bonds is 9. The van der Waals surface area contributed by atoms with Gasteiger partial charge in [-0.2, -0.15) is 0 Å². The van der Waals surface area contributed by atoms with Crippen LogP contribution in [0.15, 0.2) is 9.59 Å². The molecule has 8 nitrogen and oxygen atoms in total. The SMILES string of the molecule is CCCCCN(C(=O)C1CC2CCCC(C1)C2=O)c1c(N)n(CCCC)c(=O)[nH]c1=O. The van der Waals surface area contributed by atoms with Crippen LogP contribution in [0, 0.1) is 17.8 Å². The maximum absolute atomic E-state index is 13.7. The summed E-state index contributed by atoms with van der Waals surface area (Å²) in [5, 5.41) is 0. The monoisotopic (exact) mass is 432 g/mol. The number of nitrogen functional groups attached to an aromatic ring is 1. The highest BCUT2D eigenvalue weighted by molar-refractivity contribution is 5.98. The van der Waals surface area contributed by atoms with E-state index < -0.39 is 11.2 Å². The molecule has 1 heterocycles. The Bertz CT molecular complexity index is 903. The lowest BCUT2D eigenvalue weighted by Crippen LogP contribution is -2.47. The molecule has 0 spiro atoms. The van der Waals surface area contributed by atoms with E-state index in [1.807, 2.05) is 6.92 Å². The summed E-state index contributed by atoms with van der Waals surface area (Å²) in [4.78, 5) is 55.1. The van der Waals surface area contributed by atoms with E-state index in [9.17, 15) is 19.2 Å². The van der Waals surface area contributed by atoms with Gasteiger partial charge in [-0.15, -0.1) is 0 Å². The van der Waals surface area contributed by atoms with Crippen LogP contribution in [0.3, 0.4) is 0 Å². The fourth-order valence-electron chi connectivity index (χ4n) is 5.13. The molecule has 172 valence electrons. The van der Waals surface area contributed by atoms with E-state index in [2.05, 4.69) is 11.9 Å². The molecule has 2 saturated carbocycles. The highest BCUT2D eigenvalue weighted by atomic mass is 16.2. The van der Waals surface area contributed by atoms with Crippen molar-refractivity contribution < 1.29 is 9.59 Å². The second-order valence-corrected chi connectivity index (χ2v) is 9.09.